The molecule has 2 N–H and O–H groups in total. The van der Waals surface area contributed by atoms with Gasteiger partial charge in [0.2, 0.25) is 5.91 Å². The molecule has 0 radical (unpaired) electrons. The fourth-order valence-electron chi connectivity index (χ4n) is 2.52. The molecule has 0 saturated heterocycles. The summed E-state index contributed by atoms with van der Waals surface area (Å²) in [6.45, 7) is 0. The van der Waals surface area contributed by atoms with E-state index in [4.69, 9.17) is 0 Å². The van der Waals surface area contributed by atoms with Crippen molar-refractivity contribution in [1.29, 1.82) is 0 Å². The molecule has 1 aromatic heterocycles. The predicted molar refractivity (Wildman–Crippen MR) is 85.3 cm³/mol. The van der Waals surface area contributed by atoms with E-state index in [1.807, 2.05) is 29.6 Å². The lowest BCUT2D eigenvalue weighted by atomic mass is 10.1. The molecule has 6 heteroatoms. The van der Waals surface area contributed by atoms with Gasteiger partial charge >= 0.3 is 0 Å². The zero-order chi connectivity index (χ0) is 14.7. The summed E-state index contributed by atoms with van der Waals surface area (Å²) in [7, 11) is 0. The van der Waals surface area contributed by atoms with Crippen LogP contribution < -0.4 is 5.32 Å². The van der Waals surface area contributed by atoms with Crippen molar-refractivity contribution in [2.45, 2.75) is 24.3 Å². The number of aliphatic hydroxyl groups excluding tert-OH is 1. The minimum Gasteiger partial charge on any atom is -0.390 e. The first-order valence-electron chi connectivity index (χ1n) is 6.74. The van der Waals surface area contributed by atoms with E-state index in [1.54, 1.807) is 16.8 Å². The summed E-state index contributed by atoms with van der Waals surface area (Å²) in [4.78, 5) is 16.2. The fraction of sp³-hybridized carbons (Fsp3) is 0.333. The maximum Gasteiger partial charge on any atom is 0.230 e. The Hall–Kier alpha value is -1.37. The van der Waals surface area contributed by atoms with E-state index in [2.05, 4.69) is 10.3 Å². The molecular formula is C15H16N2O2S2. The summed E-state index contributed by atoms with van der Waals surface area (Å²) < 4.78 is 0. The molecule has 1 aromatic carbocycles. The predicted octanol–water partition coefficient (Wildman–Crippen LogP) is 2.15. The second kappa shape index (κ2) is 6.60. The maximum atomic E-state index is 12.0. The van der Waals surface area contributed by atoms with Crippen molar-refractivity contribution in [3.05, 3.63) is 52.0 Å². The van der Waals surface area contributed by atoms with Crippen molar-refractivity contribution in [2.24, 2.45) is 0 Å². The second-order valence-electron chi connectivity index (χ2n) is 4.99. The van der Waals surface area contributed by atoms with Gasteiger partial charge in [-0.05, 0) is 11.1 Å². The van der Waals surface area contributed by atoms with Gasteiger partial charge in [0.15, 0.2) is 0 Å². The number of nitrogens with one attached hydrogen (secondary N) is 1. The Balaban J connectivity index is 1.53. The highest BCUT2D eigenvalue weighted by Gasteiger charge is 2.31. The molecule has 4 nitrogen and oxygen atoms in total. The number of fused-ring (bicyclic) bond motifs is 1. The van der Waals surface area contributed by atoms with Crippen LogP contribution in [0.4, 0.5) is 0 Å². The third-order valence-electron chi connectivity index (χ3n) is 3.49. The van der Waals surface area contributed by atoms with Gasteiger partial charge < -0.3 is 10.4 Å². The largest absolute Gasteiger partial charge is 0.390 e. The molecule has 2 unspecified atom stereocenters. The van der Waals surface area contributed by atoms with Gasteiger partial charge in [-0.3, -0.25) is 4.79 Å². The number of amides is 1. The number of carbonyl (C=O) groups excluding carboxylic acids is 1. The van der Waals surface area contributed by atoms with Crippen molar-refractivity contribution < 1.29 is 9.90 Å². The normalized spacial score (nSPS) is 20.2. The summed E-state index contributed by atoms with van der Waals surface area (Å²) in [6, 6.07) is 7.58. The average Bonchev–Trinajstić information content (AvgIpc) is 3.08. The average molecular weight is 320 g/mol. The Morgan fingerprint density at radius 2 is 2.33 bits per heavy atom. The smallest absolute Gasteiger partial charge is 0.230 e. The molecule has 110 valence electrons. The Morgan fingerprint density at radius 1 is 1.48 bits per heavy atom. The van der Waals surface area contributed by atoms with E-state index in [9.17, 15) is 9.90 Å². The van der Waals surface area contributed by atoms with Crippen LogP contribution in [0.5, 0.6) is 0 Å². The van der Waals surface area contributed by atoms with Crippen molar-refractivity contribution in [3.8, 4) is 0 Å². The first kappa shape index (κ1) is 14.6. The number of nitrogens with zero attached hydrogens (tertiary/aromatic N) is 1. The number of aliphatic hydroxyl groups is 1. The molecule has 21 heavy (non-hydrogen) atoms. The minimum absolute atomic E-state index is 0.0454. The van der Waals surface area contributed by atoms with Gasteiger partial charge in [-0.25, -0.2) is 4.98 Å². The maximum absolute atomic E-state index is 12.0. The number of carbonyl (C=O) groups is 1. The van der Waals surface area contributed by atoms with Crippen LogP contribution in [0.2, 0.25) is 0 Å². The van der Waals surface area contributed by atoms with Crippen LogP contribution in [-0.4, -0.2) is 27.9 Å². The lowest BCUT2D eigenvalue weighted by Gasteiger charge is -2.17. The van der Waals surface area contributed by atoms with Crippen LogP contribution in [-0.2, 0) is 17.0 Å². The Bertz CT molecular complexity index is 616. The molecule has 0 saturated carbocycles. The summed E-state index contributed by atoms with van der Waals surface area (Å²) in [5, 5.41) is 15.0. The highest BCUT2D eigenvalue weighted by Crippen LogP contribution is 2.31. The van der Waals surface area contributed by atoms with E-state index in [-0.39, 0.29) is 11.9 Å². The van der Waals surface area contributed by atoms with E-state index in [0.717, 1.165) is 22.6 Å². The molecule has 3 rings (SSSR count). The Labute approximate surface area is 131 Å². The number of thioether (sulfide) groups is 1. The van der Waals surface area contributed by atoms with Gasteiger partial charge in [0.1, 0.15) is 0 Å². The molecule has 0 spiro atoms. The number of hydrogen-bond acceptors (Lipinski definition) is 5. The molecule has 0 bridgehead atoms. The summed E-state index contributed by atoms with van der Waals surface area (Å²) in [5.41, 5.74) is 4.94. The topological polar surface area (TPSA) is 62.2 Å². The van der Waals surface area contributed by atoms with Gasteiger partial charge in [0.25, 0.3) is 0 Å². The van der Waals surface area contributed by atoms with E-state index >= 15 is 0 Å². The van der Waals surface area contributed by atoms with Crippen LogP contribution in [0.3, 0.4) is 0 Å². The molecule has 0 fully saturated rings. The van der Waals surface area contributed by atoms with Crippen molar-refractivity contribution in [1.82, 2.24) is 10.3 Å². The highest BCUT2D eigenvalue weighted by atomic mass is 32.2. The molecule has 1 aliphatic carbocycles. The van der Waals surface area contributed by atoms with Crippen LogP contribution >= 0.6 is 23.1 Å². The summed E-state index contributed by atoms with van der Waals surface area (Å²) in [5.74, 6) is 1.07. The van der Waals surface area contributed by atoms with Crippen LogP contribution in [0.25, 0.3) is 0 Å². The second-order valence-corrected chi connectivity index (χ2v) is 6.69. The number of hydrogen-bond donors (Lipinski definition) is 2. The van der Waals surface area contributed by atoms with Gasteiger partial charge in [-0.15, -0.1) is 23.1 Å². The zero-order valence-corrected chi connectivity index (χ0v) is 13.0. The lowest BCUT2D eigenvalue weighted by Crippen LogP contribution is -2.34. The highest BCUT2D eigenvalue weighted by molar-refractivity contribution is 7.99. The van der Waals surface area contributed by atoms with Crippen LogP contribution in [0.1, 0.15) is 22.9 Å². The minimum atomic E-state index is -0.533. The van der Waals surface area contributed by atoms with Gasteiger partial charge in [0, 0.05) is 17.6 Å². The SMILES string of the molecule is O=C(CSCc1cscn1)NC1c2ccccc2CC1O. The number of thiazole rings is 1. The summed E-state index contributed by atoms with van der Waals surface area (Å²) >= 11 is 3.09. The van der Waals surface area contributed by atoms with Gasteiger partial charge in [-0.1, -0.05) is 24.3 Å². The first-order valence-corrected chi connectivity index (χ1v) is 8.84. The monoisotopic (exact) mass is 320 g/mol. The van der Waals surface area contributed by atoms with E-state index in [1.165, 1.54) is 11.8 Å². The third kappa shape index (κ3) is 3.45. The van der Waals surface area contributed by atoms with Crippen LogP contribution in [0.15, 0.2) is 35.2 Å². The lowest BCUT2D eigenvalue weighted by molar-refractivity contribution is -0.120. The molecule has 1 heterocycles. The zero-order valence-electron chi connectivity index (χ0n) is 11.4. The Kier molecular flexibility index (Phi) is 4.57. The molecule has 2 atom stereocenters. The standard InChI is InChI=1S/C15H16N2O2S2/c18-13-5-10-3-1-2-4-12(10)15(13)17-14(19)8-20-6-11-7-21-9-16-11/h1-4,7,9,13,15,18H,5-6,8H2,(H,17,19). The molecule has 2 aromatic rings. The van der Waals surface area contributed by atoms with Crippen molar-refractivity contribution >= 4 is 29.0 Å². The van der Waals surface area contributed by atoms with Crippen molar-refractivity contribution in [3.63, 3.8) is 0 Å². The van der Waals surface area contributed by atoms with Crippen molar-refractivity contribution in [2.75, 3.05) is 5.75 Å². The fourth-order valence-corrected chi connectivity index (χ4v) is 3.92. The number of aromatic nitrogens is 1. The number of benzene rings is 1. The third-order valence-corrected chi connectivity index (χ3v) is 5.09. The molecule has 1 amide bonds. The quantitative estimate of drug-likeness (QED) is 0.886. The molecular weight excluding hydrogens is 304 g/mol. The first-order chi connectivity index (χ1) is 10.2. The number of rotatable bonds is 5. The van der Waals surface area contributed by atoms with Crippen LogP contribution in [0, 0.1) is 0 Å². The molecule has 0 aliphatic heterocycles. The van der Waals surface area contributed by atoms with E-state index in [0.29, 0.717) is 12.2 Å². The Morgan fingerprint density at radius 3 is 3.14 bits per heavy atom. The summed E-state index contributed by atoms with van der Waals surface area (Å²) in [6.07, 6.45) is 0.0717. The molecule has 1 aliphatic rings. The van der Waals surface area contributed by atoms with E-state index < -0.39 is 6.10 Å². The van der Waals surface area contributed by atoms with Gasteiger partial charge in [0.05, 0.1) is 29.1 Å². The van der Waals surface area contributed by atoms with Gasteiger partial charge in [-0.2, -0.15) is 0 Å².